The number of amides is 3. The maximum atomic E-state index is 11.5. The Morgan fingerprint density at radius 1 is 1.35 bits per heavy atom. The lowest BCUT2D eigenvalue weighted by Gasteiger charge is -2.35. The molecule has 7 heteroatoms. The van der Waals surface area contributed by atoms with Crippen molar-refractivity contribution in [3.05, 3.63) is 0 Å². The van der Waals surface area contributed by atoms with Crippen LogP contribution in [0.2, 0.25) is 0 Å². The van der Waals surface area contributed by atoms with Crippen molar-refractivity contribution in [3.8, 4) is 0 Å². The molecule has 2 saturated heterocycles. The molecule has 2 rings (SSSR count). The molecule has 0 saturated carbocycles. The van der Waals surface area contributed by atoms with E-state index in [9.17, 15) is 14.4 Å². The van der Waals surface area contributed by atoms with Gasteiger partial charge in [-0.25, -0.2) is 4.79 Å². The zero-order valence-electron chi connectivity index (χ0n) is 11.8. The van der Waals surface area contributed by atoms with Gasteiger partial charge in [-0.05, 0) is 19.4 Å². The Morgan fingerprint density at radius 3 is 2.80 bits per heavy atom. The second kappa shape index (κ2) is 6.69. The van der Waals surface area contributed by atoms with Gasteiger partial charge in [0.1, 0.15) is 0 Å². The van der Waals surface area contributed by atoms with Gasteiger partial charge in [-0.15, -0.1) is 0 Å². The topological polar surface area (TPSA) is 79.0 Å². The van der Waals surface area contributed by atoms with E-state index < -0.39 is 0 Å². The van der Waals surface area contributed by atoms with Crippen molar-refractivity contribution >= 4 is 17.9 Å². The van der Waals surface area contributed by atoms with Gasteiger partial charge in [0.15, 0.2) is 0 Å². The molecule has 0 aromatic heterocycles. The number of carbonyl (C=O) groups excluding carboxylic acids is 3. The second-order valence-electron chi connectivity index (χ2n) is 5.17. The lowest BCUT2D eigenvalue weighted by molar-refractivity contribution is -0.142. The molecular weight excluding hydrogens is 262 g/mol. The van der Waals surface area contributed by atoms with Crippen molar-refractivity contribution in [2.45, 2.75) is 31.7 Å². The summed E-state index contributed by atoms with van der Waals surface area (Å²) in [5.74, 6) is -0.395. The molecule has 2 aliphatic rings. The van der Waals surface area contributed by atoms with Gasteiger partial charge in [0.25, 0.3) is 0 Å². The Kier molecular flexibility index (Phi) is 4.94. The van der Waals surface area contributed by atoms with Crippen LogP contribution in [0.4, 0.5) is 4.79 Å². The first-order valence-corrected chi connectivity index (χ1v) is 7.01. The third-order valence-corrected chi connectivity index (χ3v) is 3.93. The molecule has 2 fully saturated rings. The summed E-state index contributed by atoms with van der Waals surface area (Å²) >= 11 is 0. The first-order chi connectivity index (χ1) is 9.61. The highest BCUT2D eigenvalue weighted by Crippen LogP contribution is 2.20. The number of carbonyl (C=O) groups is 3. The average molecular weight is 283 g/mol. The summed E-state index contributed by atoms with van der Waals surface area (Å²) in [4.78, 5) is 37.8. The quantitative estimate of drug-likeness (QED) is 0.565. The summed E-state index contributed by atoms with van der Waals surface area (Å²) in [6, 6.07) is -0.173. The summed E-state index contributed by atoms with van der Waals surface area (Å²) in [5, 5.41) is 2.50. The van der Waals surface area contributed by atoms with Gasteiger partial charge < -0.3 is 10.1 Å². The number of rotatable bonds is 5. The van der Waals surface area contributed by atoms with Crippen LogP contribution in [-0.2, 0) is 14.3 Å². The number of imide groups is 1. The van der Waals surface area contributed by atoms with Crippen LogP contribution >= 0.6 is 0 Å². The standard InChI is InChI=1S/C13H21N3O4/c1-20-12(18)8-10-4-2-3-5-15(10)6-7-16-11(17)9-14-13(16)19/h10H,2-9H2,1H3,(H,14,19). The fraction of sp³-hybridized carbons (Fsp3) is 0.769. The number of esters is 1. The van der Waals surface area contributed by atoms with E-state index in [1.807, 2.05) is 0 Å². The van der Waals surface area contributed by atoms with Gasteiger partial charge >= 0.3 is 12.0 Å². The molecule has 0 aliphatic carbocycles. The molecule has 3 amide bonds. The van der Waals surface area contributed by atoms with Crippen molar-refractivity contribution < 1.29 is 19.1 Å². The van der Waals surface area contributed by atoms with Crippen molar-refractivity contribution in [1.82, 2.24) is 15.1 Å². The molecule has 0 bridgehead atoms. The molecule has 0 aromatic rings. The van der Waals surface area contributed by atoms with Crippen LogP contribution in [0.25, 0.3) is 0 Å². The molecule has 2 heterocycles. The van der Waals surface area contributed by atoms with Crippen molar-refractivity contribution in [3.63, 3.8) is 0 Å². The Balaban J connectivity index is 1.87. The Labute approximate surface area is 118 Å². The largest absolute Gasteiger partial charge is 0.469 e. The van der Waals surface area contributed by atoms with Gasteiger partial charge in [-0.3, -0.25) is 19.4 Å². The summed E-state index contributed by atoms with van der Waals surface area (Å²) in [7, 11) is 1.39. The van der Waals surface area contributed by atoms with E-state index in [2.05, 4.69) is 10.2 Å². The Hall–Kier alpha value is -1.63. The van der Waals surface area contributed by atoms with E-state index in [-0.39, 0.29) is 30.5 Å². The van der Waals surface area contributed by atoms with Crippen LogP contribution < -0.4 is 5.32 Å². The first kappa shape index (κ1) is 14.8. The smallest absolute Gasteiger partial charge is 0.324 e. The highest BCUT2D eigenvalue weighted by molar-refractivity contribution is 6.01. The number of ether oxygens (including phenoxy) is 1. The number of urea groups is 1. The lowest BCUT2D eigenvalue weighted by atomic mass is 9.99. The van der Waals surface area contributed by atoms with Crippen molar-refractivity contribution in [1.29, 1.82) is 0 Å². The van der Waals surface area contributed by atoms with E-state index in [1.165, 1.54) is 12.0 Å². The maximum Gasteiger partial charge on any atom is 0.324 e. The average Bonchev–Trinajstić information content (AvgIpc) is 2.77. The molecule has 0 aromatic carbocycles. The minimum atomic E-state index is -0.323. The van der Waals surface area contributed by atoms with E-state index in [0.717, 1.165) is 25.8 Å². The zero-order chi connectivity index (χ0) is 14.5. The first-order valence-electron chi connectivity index (χ1n) is 7.01. The number of hydrogen-bond acceptors (Lipinski definition) is 5. The molecule has 1 atom stereocenters. The number of hydrogen-bond donors (Lipinski definition) is 1. The third kappa shape index (κ3) is 3.47. The highest BCUT2D eigenvalue weighted by atomic mass is 16.5. The molecule has 1 N–H and O–H groups in total. The summed E-state index contributed by atoms with van der Waals surface area (Å²) in [6.07, 6.45) is 3.50. The highest BCUT2D eigenvalue weighted by Gasteiger charge is 2.30. The van der Waals surface area contributed by atoms with Gasteiger partial charge in [0.2, 0.25) is 5.91 Å². The number of nitrogens with zero attached hydrogens (tertiary/aromatic N) is 2. The minimum Gasteiger partial charge on any atom is -0.469 e. The van der Waals surface area contributed by atoms with Crippen LogP contribution in [0.1, 0.15) is 25.7 Å². The van der Waals surface area contributed by atoms with Gasteiger partial charge in [0.05, 0.1) is 20.1 Å². The summed E-state index contributed by atoms with van der Waals surface area (Å²) in [5.41, 5.74) is 0. The van der Waals surface area contributed by atoms with E-state index in [0.29, 0.717) is 19.5 Å². The van der Waals surface area contributed by atoms with Crippen molar-refractivity contribution in [2.24, 2.45) is 0 Å². The van der Waals surface area contributed by atoms with Gasteiger partial charge in [-0.1, -0.05) is 6.42 Å². The van der Waals surface area contributed by atoms with E-state index in [1.54, 1.807) is 0 Å². The monoisotopic (exact) mass is 283 g/mol. The number of nitrogens with one attached hydrogen (secondary N) is 1. The zero-order valence-corrected chi connectivity index (χ0v) is 11.8. The molecule has 2 aliphatic heterocycles. The number of methoxy groups -OCH3 is 1. The molecule has 1 unspecified atom stereocenters. The molecular formula is C13H21N3O4. The minimum absolute atomic E-state index is 0.0877. The third-order valence-electron chi connectivity index (χ3n) is 3.93. The van der Waals surface area contributed by atoms with E-state index in [4.69, 9.17) is 4.74 Å². The second-order valence-corrected chi connectivity index (χ2v) is 5.17. The van der Waals surface area contributed by atoms with Crippen LogP contribution in [0.3, 0.4) is 0 Å². The fourth-order valence-corrected chi connectivity index (χ4v) is 2.77. The fourth-order valence-electron chi connectivity index (χ4n) is 2.77. The maximum absolute atomic E-state index is 11.5. The van der Waals surface area contributed by atoms with Gasteiger partial charge in [0, 0.05) is 19.1 Å². The van der Waals surface area contributed by atoms with E-state index >= 15 is 0 Å². The predicted octanol–water partition coefficient (Wildman–Crippen LogP) is -0.0442. The normalized spacial score (nSPS) is 23.9. The molecule has 0 radical (unpaired) electrons. The van der Waals surface area contributed by atoms with Gasteiger partial charge in [-0.2, -0.15) is 0 Å². The van der Waals surface area contributed by atoms with Crippen LogP contribution in [0, 0.1) is 0 Å². The lowest BCUT2D eigenvalue weighted by Crippen LogP contribution is -2.46. The summed E-state index contributed by atoms with van der Waals surface area (Å²) in [6.45, 7) is 1.97. The SMILES string of the molecule is COC(=O)CC1CCCCN1CCN1C(=O)CNC1=O. The predicted molar refractivity (Wildman–Crippen MR) is 71.0 cm³/mol. The van der Waals surface area contributed by atoms with Crippen LogP contribution in [0.5, 0.6) is 0 Å². The van der Waals surface area contributed by atoms with Crippen LogP contribution in [-0.4, -0.2) is 67.0 Å². The Bertz CT molecular complexity index is 383. The molecule has 20 heavy (non-hydrogen) atoms. The number of likely N-dealkylation sites (tertiary alicyclic amines) is 1. The molecule has 112 valence electrons. The molecule has 0 spiro atoms. The van der Waals surface area contributed by atoms with Crippen molar-refractivity contribution in [2.75, 3.05) is 33.3 Å². The molecule has 7 nitrogen and oxygen atoms in total. The van der Waals surface area contributed by atoms with Crippen LogP contribution in [0.15, 0.2) is 0 Å². The number of piperidine rings is 1. The Morgan fingerprint density at radius 2 is 2.15 bits per heavy atom. The summed E-state index contributed by atoms with van der Waals surface area (Å²) < 4.78 is 4.72.